The number of ether oxygens (including phenoxy) is 1. The molecule has 0 bridgehead atoms. The third kappa shape index (κ3) is 4.05. The zero-order valence-electron chi connectivity index (χ0n) is 13.2. The lowest BCUT2D eigenvalue weighted by Crippen LogP contribution is -2.41. The highest BCUT2D eigenvalue weighted by molar-refractivity contribution is 6.30. The molecule has 3 rings (SSSR count). The second-order valence-corrected chi connectivity index (χ2v) is 6.37. The minimum Gasteiger partial charge on any atom is -0.490 e. The number of carbonyl (C=O) groups excluding carboxylic acids is 1. The third-order valence-electron chi connectivity index (χ3n) is 4.13. The predicted molar refractivity (Wildman–Crippen MR) is 92.2 cm³/mol. The lowest BCUT2D eigenvalue weighted by atomic mass is 10.1. The highest BCUT2D eigenvalue weighted by Gasteiger charge is 2.24. The molecule has 1 fully saturated rings. The van der Waals surface area contributed by atoms with Crippen molar-refractivity contribution in [2.75, 3.05) is 13.1 Å². The molecule has 1 heterocycles. The summed E-state index contributed by atoms with van der Waals surface area (Å²) in [5.74, 6) is 0.895. The second kappa shape index (κ2) is 7.05. The van der Waals surface area contributed by atoms with Gasteiger partial charge in [-0.05, 0) is 37.3 Å². The first-order valence-electron chi connectivity index (χ1n) is 7.90. The summed E-state index contributed by atoms with van der Waals surface area (Å²) in [7, 11) is 0. The van der Waals surface area contributed by atoms with Crippen LogP contribution in [0.3, 0.4) is 0 Å². The summed E-state index contributed by atoms with van der Waals surface area (Å²) in [6.07, 6.45) is 1.81. The minimum absolute atomic E-state index is 0.103. The van der Waals surface area contributed by atoms with E-state index in [0.717, 1.165) is 42.8 Å². The summed E-state index contributed by atoms with van der Waals surface area (Å²) in [5, 5.41) is 0.675. The monoisotopic (exact) mass is 329 g/mol. The van der Waals surface area contributed by atoms with Crippen LogP contribution in [0.5, 0.6) is 5.75 Å². The van der Waals surface area contributed by atoms with Crippen LogP contribution in [0.15, 0.2) is 48.5 Å². The van der Waals surface area contributed by atoms with E-state index in [1.54, 1.807) is 0 Å². The summed E-state index contributed by atoms with van der Waals surface area (Å²) in [6, 6.07) is 15.2. The van der Waals surface area contributed by atoms with E-state index in [2.05, 4.69) is 0 Å². The number of likely N-dealkylation sites (tertiary alicyclic amines) is 1. The quantitative estimate of drug-likeness (QED) is 0.838. The van der Waals surface area contributed by atoms with Crippen LogP contribution in [0, 0.1) is 6.92 Å². The van der Waals surface area contributed by atoms with Crippen molar-refractivity contribution in [3.05, 3.63) is 64.7 Å². The van der Waals surface area contributed by atoms with Crippen molar-refractivity contribution < 1.29 is 9.53 Å². The number of hydrogen-bond acceptors (Lipinski definition) is 2. The molecular formula is C19H20ClNO2. The summed E-state index contributed by atoms with van der Waals surface area (Å²) in [5.41, 5.74) is 1.92. The SMILES string of the molecule is Cc1ccc(C(=O)N2CCC(Oc3cccc(Cl)c3)CC2)cc1. The van der Waals surface area contributed by atoms with Gasteiger partial charge >= 0.3 is 0 Å². The van der Waals surface area contributed by atoms with Gasteiger partial charge in [-0.25, -0.2) is 0 Å². The molecular weight excluding hydrogens is 310 g/mol. The van der Waals surface area contributed by atoms with Gasteiger partial charge in [0.15, 0.2) is 0 Å². The van der Waals surface area contributed by atoms with Gasteiger partial charge in [0, 0.05) is 36.5 Å². The van der Waals surface area contributed by atoms with Crippen molar-refractivity contribution in [3.8, 4) is 5.75 Å². The third-order valence-corrected chi connectivity index (χ3v) is 4.36. The Morgan fingerprint density at radius 2 is 1.83 bits per heavy atom. The van der Waals surface area contributed by atoms with E-state index >= 15 is 0 Å². The van der Waals surface area contributed by atoms with Gasteiger partial charge in [-0.15, -0.1) is 0 Å². The van der Waals surface area contributed by atoms with E-state index < -0.39 is 0 Å². The average molecular weight is 330 g/mol. The van der Waals surface area contributed by atoms with Gasteiger partial charge in [0.25, 0.3) is 5.91 Å². The molecule has 0 unspecified atom stereocenters. The summed E-state index contributed by atoms with van der Waals surface area (Å²) >= 11 is 5.97. The van der Waals surface area contributed by atoms with Gasteiger partial charge in [0.2, 0.25) is 0 Å². The van der Waals surface area contributed by atoms with Crippen LogP contribution in [0.2, 0.25) is 5.02 Å². The Morgan fingerprint density at radius 1 is 1.13 bits per heavy atom. The Hall–Kier alpha value is -2.00. The summed E-state index contributed by atoms with van der Waals surface area (Å²) in [4.78, 5) is 14.4. The first kappa shape index (κ1) is 15.9. The highest BCUT2D eigenvalue weighted by atomic mass is 35.5. The fraction of sp³-hybridized carbons (Fsp3) is 0.316. The molecule has 2 aromatic carbocycles. The van der Waals surface area contributed by atoms with E-state index in [1.807, 2.05) is 60.4 Å². The van der Waals surface area contributed by atoms with Crippen LogP contribution < -0.4 is 4.74 Å². The van der Waals surface area contributed by atoms with Gasteiger partial charge in [-0.1, -0.05) is 35.4 Å². The van der Waals surface area contributed by atoms with Gasteiger partial charge in [0.1, 0.15) is 11.9 Å². The number of halogens is 1. The molecule has 1 aliphatic heterocycles. The molecule has 0 aliphatic carbocycles. The number of carbonyl (C=O) groups is 1. The molecule has 1 aliphatic rings. The Balaban J connectivity index is 1.55. The fourth-order valence-corrected chi connectivity index (χ4v) is 2.97. The fourth-order valence-electron chi connectivity index (χ4n) is 2.79. The zero-order chi connectivity index (χ0) is 16.2. The van der Waals surface area contributed by atoms with Gasteiger partial charge in [-0.2, -0.15) is 0 Å². The van der Waals surface area contributed by atoms with Crippen LogP contribution in [0.1, 0.15) is 28.8 Å². The molecule has 0 spiro atoms. The number of rotatable bonds is 3. The van der Waals surface area contributed by atoms with Crippen molar-refractivity contribution in [2.45, 2.75) is 25.9 Å². The van der Waals surface area contributed by atoms with Crippen LogP contribution >= 0.6 is 11.6 Å². The van der Waals surface area contributed by atoms with Crippen molar-refractivity contribution in [1.82, 2.24) is 4.90 Å². The number of piperidine rings is 1. The molecule has 23 heavy (non-hydrogen) atoms. The van der Waals surface area contributed by atoms with Gasteiger partial charge in [0.05, 0.1) is 0 Å². The van der Waals surface area contributed by atoms with Crippen LogP contribution in [-0.2, 0) is 0 Å². The molecule has 0 saturated carbocycles. The maximum atomic E-state index is 12.5. The highest BCUT2D eigenvalue weighted by Crippen LogP contribution is 2.22. The predicted octanol–water partition coefficient (Wildman–Crippen LogP) is 4.33. The van der Waals surface area contributed by atoms with Crippen LogP contribution in [-0.4, -0.2) is 30.0 Å². The number of benzene rings is 2. The topological polar surface area (TPSA) is 29.5 Å². The largest absolute Gasteiger partial charge is 0.490 e. The van der Waals surface area contributed by atoms with E-state index in [9.17, 15) is 4.79 Å². The van der Waals surface area contributed by atoms with Gasteiger partial charge < -0.3 is 9.64 Å². The van der Waals surface area contributed by atoms with Crippen molar-refractivity contribution in [2.24, 2.45) is 0 Å². The zero-order valence-corrected chi connectivity index (χ0v) is 13.9. The maximum absolute atomic E-state index is 12.5. The Kier molecular flexibility index (Phi) is 4.87. The number of aryl methyl sites for hydroxylation is 1. The number of hydrogen-bond donors (Lipinski definition) is 0. The van der Waals surface area contributed by atoms with Crippen molar-refractivity contribution in [1.29, 1.82) is 0 Å². The molecule has 0 radical (unpaired) electrons. The van der Waals surface area contributed by atoms with Crippen molar-refractivity contribution in [3.63, 3.8) is 0 Å². The Labute approximate surface area is 141 Å². The van der Waals surface area contributed by atoms with E-state index in [0.29, 0.717) is 5.02 Å². The van der Waals surface area contributed by atoms with Crippen molar-refractivity contribution >= 4 is 17.5 Å². The second-order valence-electron chi connectivity index (χ2n) is 5.93. The molecule has 2 aromatic rings. The first-order valence-corrected chi connectivity index (χ1v) is 8.28. The van der Waals surface area contributed by atoms with E-state index in [4.69, 9.17) is 16.3 Å². The Bertz CT molecular complexity index is 676. The molecule has 4 heteroatoms. The maximum Gasteiger partial charge on any atom is 0.253 e. The molecule has 1 saturated heterocycles. The minimum atomic E-state index is 0.103. The Morgan fingerprint density at radius 3 is 2.48 bits per heavy atom. The molecule has 0 N–H and O–H groups in total. The summed E-state index contributed by atoms with van der Waals surface area (Å²) < 4.78 is 5.96. The molecule has 3 nitrogen and oxygen atoms in total. The lowest BCUT2D eigenvalue weighted by Gasteiger charge is -2.32. The average Bonchev–Trinajstić information content (AvgIpc) is 2.56. The van der Waals surface area contributed by atoms with Crippen LogP contribution in [0.25, 0.3) is 0 Å². The van der Waals surface area contributed by atoms with Crippen LogP contribution in [0.4, 0.5) is 0 Å². The molecule has 0 aromatic heterocycles. The molecule has 0 atom stereocenters. The van der Waals surface area contributed by atoms with Gasteiger partial charge in [-0.3, -0.25) is 4.79 Å². The lowest BCUT2D eigenvalue weighted by molar-refractivity contribution is 0.0595. The first-order chi connectivity index (χ1) is 11.1. The van der Waals surface area contributed by atoms with E-state index in [1.165, 1.54) is 0 Å². The normalized spacial score (nSPS) is 15.5. The number of nitrogens with zero attached hydrogens (tertiary/aromatic N) is 1. The molecule has 1 amide bonds. The molecule has 120 valence electrons. The summed E-state index contributed by atoms with van der Waals surface area (Å²) in [6.45, 7) is 3.46. The smallest absolute Gasteiger partial charge is 0.253 e. The standard InChI is InChI=1S/C19H20ClNO2/c1-14-5-7-15(8-6-14)19(22)21-11-9-17(10-12-21)23-18-4-2-3-16(20)13-18/h2-8,13,17H,9-12H2,1H3. The number of amides is 1. The van der Waals surface area contributed by atoms with E-state index in [-0.39, 0.29) is 12.0 Å².